The number of aromatic nitrogens is 3. The first-order chi connectivity index (χ1) is 13.5. The molecule has 0 aromatic carbocycles. The number of pyridine rings is 1. The van der Waals surface area contributed by atoms with Gasteiger partial charge < -0.3 is 24.3 Å². The highest BCUT2D eigenvalue weighted by atomic mass is 16.5. The fourth-order valence-corrected chi connectivity index (χ4v) is 3.61. The molecule has 3 rings (SSSR count). The van der Waals surface area contributed by atoms with Crippen molar-refractivity contribution in [3.05, 3.63) is 30.5 Å². The van der Waals surface area contributed by atoms with E-state index in [1.165, 1.54) is 20.4 Å². The lowest BCUT2D eigenvalue weighted by molar-refractivity contribution is -0.129. The van der Waals surface area contributed by atoms with Gasteiger partial charge in [0.25, 0.3) is 5.88 Å². The first-order valence-electron chi connectivity index (χ1n) is 9.23. The molecule has 9 nitrogen and oxygen atoms in total. The summed E-state index contributed by atoms with van der Waals surface area (Å²) in [7, 11) is 2.99. The molecular formula is C19H25N5O4. The van der Waals surface area contributed by atoms with Crippen LogP contribution in [0.25, 0.3) is 0 Å². The van der Waals surface area contributed by atoms with Crippen LogP contribution in [0.4, 0.5) is 5.69 Å². The minimum Gasteiger partial charge on any atom is -0.491 e. The lowest BCUT2D eigenvalue weighted by Gasteiger charge is -2.26. The largest absolute Gasteiger partial charge is 0.491 e. The van der Waals surface area contributed by atoms with E-state index in [9.17, 15) is 9.59 Å². The van der Waals surface area contributed by atoms with Crippen molar-refractivity contribution in [1.29, 1.82) is 0 Å². The number of nitrogens with one attached hydrogen (secondary N) is 1. The summed E-state index contributed by atoms with van der Waals surface area (Å²) >= 11 is 0. The number of methoxy groups -OCH3 is 2. The lowest BCUT2D eigenvalue weighted by atomic mass is 9.98. The van der Waals surface area contributed by atoms with Crippen LogP contribution in [0.3, 0.4) is 0 Å². The Balaban J connectivity index is 1.88. The van der Waals surface area contributed by atoms with Gasteiger partial charge in [-0.05, 0) is 13.8 Å². The van der Waals surface area contributed by atoms with Crippen LogP contribution in [0.15, 0.2) is 24.7 Å². The van der Waals surface area contributed by atoms with Crippen molar-refractivity contribution in [2.75, 3.05) is 26.1 Å². The molecule has 150 valence electrons. The number of aryl methyl sites for hydroxylation is 1. The van der Waals surface area contributed by atoms with Gasteiger partial charge in [-0.3, -0.25) is 9.59 Å². The topological polar surface area (TPSA) is 98.6 Å². The van der Waals surface area contributed by atoms with Gasteiger partial charge in [0, 0.05) is 38.0 Å². The molecule has 0 bridgehead atoms. The SMILES string of the molecule is CCN1C(=O)C[C@H](C(=O)Nc2cnc(OC)c(OC)c2)[C@H]1c1nccn1CC. The Morgan fingerprint density at radius 3 is 2.68 bits per heavy atom. The number of carbonyl (C=O) groups is 2. The fourth-order valence-electron chi connectivity index (χ4n) is 3.61. The highest BCUT2D eigenvalue weighted by molar-refractivity contribution is 5.98. The maximum atomic E-state index is 13.1. The van der Waals surface area contributed by atoms with Gasteiger partial charge >= 0.3 is 0 Å². The van der Waals surface area contributed by atoms with E-state index in [4.69, 9.17) is 9.47 Å². The number of likely N-dealkylation sites (tertiary alicyclic amines) is 1. The van der Waals surface area contributed by atoms with Crippen molar-refractivity contribution >= 4 is 17.5 Å². The quantitative estimate of drug-likeness (QED) is 0.779. The maximum absolute atomic E-state index is 13.1. The normalized spacial score (nSPS) is 19.0. The molecule has 2 atom stereocenters. The Labute approximate surface area is 163 Å². The van der Waals surface area contributed by atoms with Crippen molar-refractivity contribution in [3.63, 3.8) is 0 Å². The van der Waals surface area contributed by atoms with Crippen LogP contribution in [0.1, 0.15) is 32.1 Å². The number of anilines is 1. The van der Waals surface area contributed by atoms with Crippen LogP contribution < -0.4 is 14.8 Å². The van der Waals surface area contributed by atoms with Crippen LogP contribution in [0.5, 0.6) is 11.6 Å². The summed E-state index contributed by atoms with van der Waals surface area (Å²) in [5, 5.41) is 2.85. The Morgan fingerprint density at radius 2 is 2.04 bits per heavy atom. The lowest BCUT2D eigenvalue weighted by Crippen LogP contribution is -2.34. The molecule has 0 aliphatic carbocycles. The summed E-state index contributed by atoms with van der Waals surface area (Å²) in [6.45, 7) is 5.14. The average molecular weight is 387 g/mol. The molecule has 1 N–H and O–H groups in total. The minimum atomic E-state index is -0.548. The smallest absolute Gasteiger partial charge is 0.256 e. The van der Waals surface area contributed by atoms with E-state index in [0.29, 0.717) is 30.4 Å². The summed E-state index contributed by atoms with van der Waals surface area (Å²) in [5.41, 5.74) is 0.475. The predicted molar refractivity (Wildman–Crippen MR) is 102 cm³/mol. The predicted octanol–water partition coefficient (Wildman–Crippen LogP) is 1.86. The van der Waals surface area contributed by atoms with E-state index in [1.54, 1.807) is 17.2 Å². The molecule has 28 heavy (non-hydrogen) atoms. The number of carbonyl (C=O) groups excluding carboxylic acids is 2. The van der Waals surface area contributed by atoms with Gasteiger partial charge in [-0.1, -0.05) is 0 Å². The fraction of sp³-hybridized carbons (Fsp3) is 0.474. The zero-order valence-corrected chi connectivity index (χ0v) is 16.5. The summed E-state index contributed by atoms with van der Waals surface area (Å²) in [4.78, 5) is 35.9. The molecule has 2 amide bonds. The number of hydrogen-bond donors (Lipinski definition) is 1. The van der Waals surface area contributed by atoms with Crippen molar-refractivity contribution in [2.45, 2.75) is 32.9 Å². The van der Waals surface area contributed by atoms with E-state index in [-0.39, 0.29) is 18.2 Å². The Morgan fingerprint density at radius 1 is 1.25 bits per heavy atom. The highest BCUT2D eigenvalue weighted by Crippen LogP contribution is 2.38. The molecule has 0 radical (unpaired) electrons. The van der Waals surface area contributed by atoms with Gasteiger partial charge in [-0.2, -0.15) is 0 Å². The molecule has 9 heteroatoms. The Hall–Kier alpha value is -3.10. The average Bonchev–Trinajstić information content (AvgIpc) is 3.30. The third-order valence-electron chi connectivity index (χ3n) is 4.96. The Bertz CT molecular complexity index is 866. The van der Waals surface area contributed by atoms with Gasteiger partial charge in [0.05, 0.1) is 32.0 Å². The van der Waals surface area contributed by atoms with E-state index in [1.807, 2.05) is 24.6 Å². The molecule has 1 fully saturated rings. The van der Waals surface area contributed by atoms with Gasteiger partial charge in [0.2, 0.25) is 11.8 Å². The monoisotopic (exact) mass is 387 g/mol. The van der Waals surface area contributed by atoms with Gasteiger partial charge in [-0.15, -0.1) is 0 Å². The first-order valence-corrected chi connectivity index (χ1v) is 9.23. The molecule has 0 saturated carbocycles. The number of hydrogen-bond acceptors (Lipinski definition) is 6. The van der Waals surface area contributed by atoms with Gasteiger partial charge in [0.1, 0.15) is 11.9 Å². The second-order valence-electron chi connectivity index (χ2n) is 6.43. The third-order valence-corrected chi connectivity index (χ3v) is 4.96. The molecule has 0 spiro atoms. The van der Waals surface area contributed by atoms with Crippen LogP contribution in [-0.2, 0) is 16.1 Å². The van der Waals surface area contributed by atoms with Crippen molar-refractivity contribution in [1.82, 2.24) is 19.4 Å². The molecule has 1 aliphatic rings. The van der Waals surface area contributed by atoms with Crippen LogP contribution in [0, 0.1) is 5.92 Å². The Kier molecular flexibility index (Phi) is 5.81. The molecule has 2 aromatic heterocycles. The van der Waals surface area contributed by atoms with Gasteiger partial charge in [0.15, 0.2) is 5.75 Å². The zero-order chi connectivity index (χ0) is 20.3. The molecule has 1 aliphatic heterocycles. The summed E-state index contributed by atoms with van der Waals surface area (Å²) < 4.78 is 12.3. The van der Waals surface area contributed by atoms with E-state index in [0.717, 1.165) is 5.82 Å². The maximum Gasteiger partial charge on any atom is 0.256 e. The molecule has 1 saturated heterocycles. The van der Waals surface area contributed by atoms with Crippen LogP contribution in [-0.4, -0.2) is 52.0 Å². The molecule has 2 aromatic rings. The van der Waals surface area contributed by atoms with E-state index in [2.05, 4.69) is 15.3 Å². The number of rotatable bonds is 7. The number of nitrogens with zero attached hydrogens (tertiary/aromatic N) is 4. The number of ether oxygens (including phenoxy) is 2. The third kappa shape index (κ3) is 3.51. The van der Waals surface area contributed by atoms with Gasteiger partial charge in [-0.25, -0.2) is 9.97 Å². The second kappa shape index (κ2) is 8.28. The highest BCUT2D eigenvalue weighted by Gasteiger charge is 2.45. The molecular weight excluding hydrogens is 362 g/mol. The standard InChI is InChI=1S/C19H25N5O4/c1-5-23-8-7-20-17(23)16-13(10-15(25)24(16)6-2)18(26)22-12-9-14(27-3)19(28-4)21-11-12/h7-9,11,13,16H,5-6,10H2,1-4H3,(H,22,26)/t13-,16-/m0/s1. The van der Waals surface area contributed by atoms with E-state index >= 15 is 0 Å². The number of imidazole rings is 1. The second-order valence-corrected chi connectivity index (χ2v) is 6.43. The van der Waals surface area contributed by atoms with E-state index < -0.39 is 12.0 Å². The number of amides is 2. The summed E-state index contributed by atoms with van der Waals surface area (Å²) in [6.07, 6.45) is 5.19. The van der Waals surface area contributed by atoms with Crippen molar-refractivity contribution in [3.8, 4) is 11.6 Å². The summed E-state index contributed by atoms with van der Waals surface area (Å²) in [6, 6.07) is 1.24. The van der Waals surface area contributed by atoms with Crippen LogP contribution in [0.2, 0.25) is 0 Å². The summed E-state index contributed by atoms with van der Waals surface area (Å²) in [5.74, 6) is 0.611. The molecule has 3 heterocycles. The van der Waals surface area contributed by atoms with Crippen LogP contribution >= 0.6 is 0 Å². The minimum absolute atomic E-state index is 0.0521. The zero-order valence-electron chi connectivity index (χ0n) is 16.5. The van der Waals surface area contributed by atoms with Crippen molar-refractivity contribution < 1.29 is 19.1 Å². The first kappa shape index (κ1) is 19.7. The van der Waals surface area contributed by atoms with Crippen molar-refractivity contribution in [2.24, 2.45) is 5.92 Å². The molecule has 0 unspecified atom stereocenters.